The van der Waals surface area contributed by atoms with Gasteiger partial charge in [-0.1, -0.05) is 27.2 Å². The van der Waals surface area contributed by atoms with Crippen molar-refractivity contribution in [3.8, 4) is 0 Å². The molecule has 1 heterocycles. The van der Waals surface area contributed by atoms with Crippen LogP contribution in [0.1, 0.15) is 40.0 Å². The quantitative estimate of drug-likeness (QED) is 0.660. The Morgan fingerprint density at radius 3 is 2.64 bits per heavy atom. The van der Waals surface area contributed by atoms with Crippen molar-refractivity contribution in [2.45, 2.75) is 40.0 Å². The summed E-state index contributed by atoms with van der Waals surface area (Å²) in [6.07, 6.45) is 4.08. The number of nitrogens with one attached hydrogen (secondary N) is 1. The third-order valence-electron chi connectivity index (χ3n) is 3.06. The molecule has 0 aromatic carbocycles. The van der Waals surface area contributed by atoms with E-state index in [1.165, 1.54) is 32.4 Å². The van der Waals surface area contributed by atoms with Gasteiger partial charge in [0.05, 0.1) is 0 Å². The summed E-state index contributed by atoms with van der Waals surface area (Å²) in [7, 11) is 0. The second-order valence-electron chi connectivity index (χ2n) is 4.43. The van der Waals surface area contributed by atoms with E-state index in [4.69, 9.17) is 0 Å². The Balaban J connectivity index is 2.41. The molecule has 1 atom stereocenters. The van der Waals surface area contributed by atoms with Gasteiger partial charge in [-0.2, -0.15) is 0 Å². The summed E-state index contributed by atoms with van der Waals surface area (Å²) in [6, 6.07) is 0. The van der Waals surface area contributed by atoms with E-state index in [9.17, 15) is 0 Å². The average Bonchev–Trinajstić information content (AvgIpc) is 2.37. The van der Waals surface area contributed by atoms with Crippen molar-refractivity contribution < 1.29 is 0 Å². The van der Waals surface area contributed by atoms with E-state index >= 15 is 0 Å². The normalized spacial score (nSPS) is 25.9. The zero-order chi connectivity index (χ0) is 8.32. The molecule has 1 heteroatoms. The summed E-state index contributed by atoms with van der Waals surface area (Å²) in [4.78, 5) is 0. The molecule has 0 bridgehead atoms. The molecule has 1 fully saturated rings. The Hall–Kier alpha value is -0.0400. The topological polar surface area (TPSA) is 12.0 Å². The summed E-state index contributed by atoms with van der Waals surface area (Å²) in [6.45, 7) is 9.58. The molecule has 0 spiro atoms. The van der Waals surface area contributed by atoms with Gasteiger partial charge in [0.15, 0.2) is 0 Å². The monoisotopic (exact) mass is 155 g/mol. The van der Waals surface area contributed by atoms with Crippen molar-refractivity contribution in [2.75, 3.05) is 13.1 Å². The maximum absolute atomic E-state index is 3.44. The first-order valence-electron chi connectivity index (χ1n) is 4.87. The lowest BCUT2D eigenvalue weighted by Gasteiger charge is -2.30. The van der Waals surface area contributed by atoms with Crippen LogP contribution in [0.15, 0.2) is 0 Å². The van der Waals surface area contributed by atoms with Gasteiger partial charge in [0, 0.05) is 0 Å². The molecule has 1 rings (SSSR count). The SMILES string of the molecule is CCCC(C)(C)C1CCNC1. The fraction of sp³-hybridized carbons (Fsp3) is 1.00. The zero-order valence-corrected chi connectivity index (χ0v) is 8.11. The standard InChI is InChI=1S/C10H21N/c1-4-6-10(2,3)9-5-7-11-8-9/h9,11H,4-8H2,1-3H3. The molecule has 0 aromatic rings. The highest BCUT2D eigenvalue weighted by Gasteiger charge is 2.30. The lowest BCUT2D eigenvalue weighted by Crippen LogP contribution is -2.25. The van der Waals surface area contributed by atoms with Crippen LogP contribution in [0.4, 0.5) is 0 Å². The van der Waals surface area contributed by atoms with E-state index < -0.39 is 0 Å². The molecule has 0 amide bonds. The maximum Gasteiger partial charge on any atom is -0.00149 e. The third kappa shape index (κ3) is 2.19. The van der Waals surface area contributed by atoms with Gasteiger partial charge in [-0.25, -0.2) is 0 Å². The molecule has 1 saturated heterocycles. The van der Waals surface area contributed by atoms with Crippen LogP contribution in [-0.2, 0) is 0 Å². The first-order chi connectivity index (χ1) is 5.17. The highest BCUT2D eigenvalue weighted by Crippen LogP contribution is 2.35. The minimum Gasteiger partial charge on any atom is -0.316 e. The van der Waals surface area contributed by atoms with Gasteiger partial charge in [0.1, 0.15) is 0 Å². The van der Waals surface area contributed by atoms with Gasteiger partial charge < -0.3 is 5.32 Å². The number of hydrogen-bond donors (Lipinski definition) is 1. The van der Waals surface area contributed by atoms with Crippen molar-refractivity contribution in [1.82, 2.24) is 5.32 Å². The molecule has 1 nitrogen and oxygen atoms in total. The molecule has 66 valence electrons. The van der Waals surface area contributed by atoms with Crippen molar-refractivity contribution in [3.63, 3.8) is 0 Å². The van der Waals surface area contributed by atoms with Crippen LogP contribution in [0.3, 0.4) is 0 Å². The Morgan fingerprint density at radius 1 is 1.45 bits per heavy atom. The average molecular weight is 155 g/mol. The molecule has 0 saturated carbocycles. The van der Waals surface area contributed by atoms with Crippen LogP contribution in [0.2, 0.25) is 0 Å². The van der Waals surface area contributed by atoms with Crippen molar-refractivity contribution in [3.05, 3.63) is 0 Å². The van der Waals surface area contributed by atoms with Crippen LogP contribution in [0.5, 0.6) is 0 Å². The third-order valence-corrected chi connectivity index (χ3v) is 3.06. The minimum atomic E-state index is 0.568. The molecule has 11 heavy (non-hydrogen) atoms. The molecular formula is C10H21N. The van der Waals surface area contributed by atoms with Crippen LogP contribution in [0, 0.1) is 11.3 Å². The van der Waals surface area contributed by atoms with Gasteiger partial charge in [0.25, 0.3) is 0 Å². The summed E-state index contributed by atoms with van der Waals surface area (Å²) >= 11 is 0. The fourth-order valence-corrected chi connectivity index (χ4v) is 2.17. The smallest absolute Gasteiger partial charge is 0.00149 e. The summed E-state index contributed by atoms with van der Waals surface area (Å²) in [5.41, 5.74) is 0.568. The largest absolute Gasteiger partial charge is 0.316 e. The van der Waals surface area contributed by atoms with Crippen LogP contribution < -0.4 is 5.32 Å². The predicted octanol–water partition coefficient (Wildman–Crippen LogP) is 2.42. The lowest BCUT2D eigenvalue weighted by atomic mass is 9.75. The first kappa shape index (κ1) is 9.05. The zero-order valence-electron chi connectivity index (χ0n) is 8.11. The maximum atomic E-state index is 3.44. The van der Waals surface area contributed by atoms with E-state index in [2.05, 4.69) is 26.1 Å². The molecule has 1 N–H and O–H groups in total. The van der Waals surface area contributed by atoms with Crippen LogP contribution >= 0.6 is 0 Å². The van der Waals surface area contributed by atoms with Crippen LogP contribution in [0.25, 0.3) is 0 Å². The highest BCUT2D eigenvalue weighted by atomic mass is 14.9. The second kappa shape index (κ2) is 3.57. The molecule has 1 unspecified atom stereocenters. The molecule has 0 aliphatic carbocycles. The van der Waals surface area contributed by atoms with E-state index in [0.717, 1.165) is 5.92 Å². The van der Waals surface area contributed by atoms with E-state index in [1.807, 2.05) is 0 Å². The van der Waals surface area contributed by atoms with Crippen molar-refractivity contribution in [2.24, 2.45) is 11.3 Å². The Morgan fingerprint density at radius 2 is 2.18 bits per heavy atom. The molecule has 1 aliphatic heterocycles. The molecule has 0 aromatic heterocycles. The lowest BCUT2D eigenvalue weighted by molar-refractivity contribution is 0.209. The van der Waals surface area contributed by atoms with Gasteiger partial charge in [0.2, 0.25) is 0 Å². The number of hydrogen-bond acceptors (Lipinski definition) is 1. The fourth-order valence-electron chi connectivity index (χ4n) is 2.17. The Labute approximate surface area is 70.6 Å². The van der Waals surface area contributed by atoms with Crippen molar-refractivity contribution >= 4 is 0 Å². The second-order valence-corrected chi connectivity index (χ2v) is 4.43. The molecule has 0 radical (unpaired) electrons. The Kier molecular flexibility index (Phi) is 2.94. The summed E-state index contributed by atoms with van der Waals surface area (Å²) in [5.74, 6) is 0.919. The Bertz CT molecular complexity index is 112. The summed E-state index contributed by atoms with van der Waals surface area (Å²) in [5, 5.41) is 3.44. The van der Waals surface area contributed by atoms with Crippen molar-refractivity contribution in [1.29, 1.82) is 0 Å². The molecular weight excluding hydrogens is 134 g/mol. The predicted molar refractivity (Wildman–Crippen MR) is 49.7 cm³/mol. The first-order valence-corrected chi connectivity index (χ1v) is 4.87. The summed E-state index contributed by atoms with van der Waals surface area (Å²) < 4.78 is 0. The molecule has 1 aliphatic rings. The van der Waals surface area contributed by atoms with E-state index in [0.29, 0.717) is 5.41 Å². The minimum absolute atomic E-state index is 0.568. The number of rotatable bonds is 3. The van der Waals surface area contributed by atoms with Gasteiger partial charge >= 0.3 is 0 Å². The highest BCUT2D eigenvalue weighted by molar-refractivity contribution is 4.83. The van der Waals surface area contributed by atoms with Gasteiger partial charge in [-0.3, -0.25) is 0 Å². The van der Waals surface area contributed by atoms with E-state index in [-0.39, 0.29) is 0 Å². The van der Waals surface area contributed by atoms with E-state index in [1.54, 1.807) is 0 Å². The van der Waals surface area contributed by atoms with Gasteiger partial charge in [-0.05, 0) is 37.3 Å². The van der Waals surface area contributed by atoms with Gasteiger partial charge in [-0.15, -0.1) is 0 Å². The van der Waals surface area contributed by atoms with Crippen LogP contribution in [-0.4, -0.2) is 13.1 Å².